The van der Waals surface area contributed by atoms with Gasteiger partial charge in [0.05, 0.1) is 6.04 Å². The molecule has 21 heavy (non-hydrogen) atoms. The van der Waals surface area contributed by atoms with E-state index in [1.54, 1.807) is 32.2 Å². The Morgan fingerprint density at radius 1 is 1.10 bits per heavy atom. The van der Waals surface area contributed by atoms with Crippen LogP contribution in [0.1, 0.15) is 22.7 Å². The van der Waals surface area contributed by atoms with Crippen molar-refractivity contribution in [3.8, 4) is 5.75 Å². The van der Waals surface area contributed by atoms with Gasteiger partial charge in [-0.25, -0.2) is 4.39 Å². The van der Waals surface area contributed by atoms with Crippen LogP contribution in [0.2, 0.25) is 0 Å². The van der Waals surface area contributed by atoms with Crippen LogP contribution in [-0.2, 0) is 0 Å². The summed E-state index contributed by atoms with van der Waals surface area (Å²) in [7, 11) is 1.68. The van der Waals surface area contributed by atoms with E-state index < -0.39 is 12.7 Å². The van der Waals surface area contributed by atoms with Crippen LogP contribution >= 0.6 is 0 Å². The smallest absolute Gasteiger partial charge is 0.387 e. The molecule has 0 radical (unpaired) electrons. The predicted molar refractivity (Wildman–Crippen MR) is 75.1 cm³/mol. The summed E-state index contributed by atoms with van der Waals surface area (Å²) in [5.41, 5.74) is 1.95. The summed E-state index contributed by atoms with van der Waals surface area (Å²) in [6.45, 7) is -1.13. The summed E-state index contributed by atoms with van der Waals surface area (Å²) in [6.07, 6.45) is 0. The van der Waals surface area contributed by atoms with Crippen molar-refractivity contribution in [2.45, 2.75) is 19.6 Å². The molecule has 2 nitrogen and oxygen atoms in total. The van der Waals surface area contributed by atoms with Crippen molar-refractivity contribution >= 4 is 0 Å². The highest BCUT2D eigenvalue weighted by atomic mass is 19.3. The molecule has 0 bridgehead atoms. The lowest BCUT2D eigenvalue weighted by Crippen LogP contribution is -2.19. The molecule has 0 spiro atoms. The van der Waals surface area contributed by atoms with Gasteiger partial charge in [0.15, 0.2) is 0 Å². The number of aryl methyl sites for hydroxylation is 1. The Balaban J connectivity index is 2.46. The van der Waals surface area contributed by atoms with Gasteiger partial charge in [0.1, 0.15) is 11.6 Å². The largest absolute Gasteiger partial charge is 0.434 e. The Labute approximate surface area is 121 Å². The van der Waals surface area contributed by atoms with Gasteiger partial charge < -0.3 is 10.1 Å². The van der Waals surface area contributed by atoms with Gasteiger partial charge in [0.2, 0.25) is 0 Å². The van der Waals surface area contributed by atoms with Crippen LogP contribution in [0, 0.1) is 12.7 Å². The van der Waals surface area contributed by atoms with E-state index in [0.717, 1.165) is 5.56 Å². The number of benzene rings is 2. The molecule has 112 valence electrons. The topological polar surface area (TPSA) is 21.3 Å². The van der Waals surface area contributed by atoms with Gasteiger partial charge in [0.25, 0.3) is 0 Å². The highest BCUT2D eigenvalue weighted by molar-refractivity contribution is 5.42. The van der Waals surface area contributed by atoms with Crippen molar-refractivity contribution in [3.63, 3.8) is 0 Å². The highest BCUT2D eigenvalue weighted by Crippen LogP contribution is 2.31. The molecule has 2 aromatic carbocycles. The van der Waals surface area contributed by atoms with E-state index >= 15 is 0 Å². The predicted octanol–water partition coefficient (Wildman–Crippen LogP) is 4.04. The molecule has 0 aromatic heterocycles. The summed E-state index contributed by atoms with van der Waals surface area (Å²) in [4.78, 5) is 0. The first-order chi connectivity index (χ1) is 10.0. The van der Waals surface area contributed by atoms with Crippen molar-refractivity contribution in [2.75, 3.05) is 7.05 Å². The molecular formula is C16H16F3NO. The van der Waals surface area contributed by atoms with Gasteiger partial charge in [-0.15, -0.1) is 0 Å². The highest BCUT2D eigenvalue weighted by Gasteiger charge is 2.19. The van der Waals surface area contributed by atoms with Crippen LogP contribution in [0.15, 0.2) is 42.5 Å². The molecule has 0 fully saturated rings. The minimum absolute atomic E-state index is 0.0776. The van der Waals surface area contributed by atoms with Crippen LogP contribution < -0.4 is 10.1 Å². The molecule has 0 amide bonds. The van der Waals surface area contributed by atoms with Crippen LogP contribution in [0.3, 0.4) is 0 Å². The van der Waals surface area contributed by atoms with E-state index in [2.05, 4.69) is 10.1 Å². The average Bonchev–Trinajstić information content (AvgIpc) is 2.40. The third-order valence-electron chi connectivity index (χ3n) is 3.13. The third kappa shape index (κ3) is 3.76. The Morgan fingerprint density at radius 3 is 2.43 bits per heavy atom. The van der Waals surface area contributed by atoms with E-state index in [-0.39, 0.29) is 11.6 Å². The maximum absolute atomic E-state index is 13.6. The van der Waals surface area contributed by atoms with Crippen molar-refractivity contribution < 1.29 is 17.9 Å². The van der Waals surface area contributed by atoms with Crippen molar-refractivity contribution in [2.24, 2.45) is 0 Å². The molecule has 0 aliphatic carbocycles. The lowest BCUT2D eigenvalue weighted by molar-refractivity contribution is -0.0506. The molecule has 0 heterocycles. The summed E-state index contributed by atoms with van der Waals surface area (Å²) < 4.78 is 43.1. The van der Waals surface area contributed by atoms with E-state index in [0.29, 0.717) is 11.1 Å². The second-order valence-electron chi connectivity index (χ2n) is 4.70. The average molecular weight is 295 g/mol. The summed E-state index contributed by atoms with van der Waals surface area (Å²) in [5.74, 6) is -0.286. The number of hydrogen-bond donors (Lipinski definition) is 1. The van der Waals surface area contributed by atoms with Crippen LogP contribution in [0.4, 0.5) is 13.2 Å². The molecule has 5 heteroatoms. The fraction of sp³-hybridized carbons (Fsp3) is 0.250. The number of rotatable bonds is 5. The summed E-state index contributed by atoms with van der Waals surface area (Å²) >= 11 is 0. The fourth-order valence-electron chi connectivity index (χ4n) is 2.36. The number of halogens is 3. The minimum Gasteiger partial charge on any atom is -0.434 e. The molecule has 1 N–H and O–H groups in total. The maximum atomic E-state index is 13.6. The molecule has 0 saturated carbocycles. The van der Waals surface area contributed by atoms with Gasteiger partial charge in [-0.1, -0.05) is 24.3 Å². The Morgan fingerprint density at radius 2 is 1.81 bits per heavy atom. The zero-order chi connectivity index (χ0) is 15.4. The molecule has 2 rings (SSSR count). The Kier molecular flexibility index (Phi) is 4.85. The van der Waals surface area contributed by atoms with Gasteiger partial charge in [-0.3, -0.25) is 0 Å². The normalized spacial score (nSPS) is 12.5. The molecule has 0 aliphatic heterocycles. The van der Waals surface area contributed by atoms with E-state index in [9.17, 15) is 13.2 Å². The zero-order valence-corrected chi connectivity index (χ0v) is 11.7. The van der Waals surface area contributed by atoms with E-state index in [1.165, 1.54) is 18.2 Å². The second kappa shape index (κ2) is 6.63. The first-order valence-corrected chi connectivity index (χ1v) is 6.49. The van der Waals surface area contributed by atoms with Crippen molar-refractivity contribution in [3.05, 3.63) is 65.0 Å². The standard InChI is InChI=1S/C16H16F3NO/c1-10-7-11(9-12(17)8-10)15(20-2)13-5-3-4-6-14(13)21-16(18)19/h3-9,15-16,20H,1-2H3. The van der Waals surface area contributed by atoms with Crippen molar-refractivity contribution in [1.82, 2.24) is 5.32 Å². The van der Waals surface area contributed by atoms with Crippen LogP contribution in [-0.4, -0.2) is 13.7 Å². The first kappa shape index (κ1) is 15.4. The van der Waals surface area contributed by atoms with E-state index in [1.807, 2.05) is 6.07 Å². The molecule has 1 unspecified atom stereocenters. The van der Waals surface area contributed by atoms with Gasteiger partial charge in [0, 0.05) is 5.56 Å². The first-order valence-electron chi connectivity index (χ1n) is 6.49. The number of nitrogens with one attached hydrogen (secondary N) is 1. The Hall–Kier alpha value is -2.01. The monoisotopic (exact) mass is 295 g/mol. The van der Waals surface area contributed by atoms with Crippen LogP contribution in [0.5, 0.6) is 5.75 Å². The lowest BCUT2D eigenvalue weighted by atomic mass is 9.96. The summed E-state index contributed by atoms with van der Waals surface area (Å²) in [5, 5.41) is 3.01. The molecular weight excluding hydrogens is 279 g/mol. The quantitative estimate of drug-likeness (QED) is 0.898. The summed E-state index contributed by atoms with van der Waals surface area (Å²) in [6, 6.07) is 10.7. The third-order valence-corrected chi connectivity index (χ3v) is 3.13. The minimum atomic E-state index is -2.90. The number of hydrogen-bond acceptors (Lipinski definition) is 2. The zero-order valence-electron chi connectivity index (χ0n) is 11.7. The lowest BCUT2D eigenvalue weighted by Gasteiger charge is -2.21. The fourth-order valence-corrected chi connectivity index (χ4v) is 2.36. The van der Waals surface area contributed by atoms with Gasteiger partial charge in [-0.05, 0) is 43.3 Å². The SMILES string of the molecule is CNC(c1cc(C)cc(F)c1)c1ccccc1OC(F)F. The number of para-hydroxylation sites is 1. The van der Waals surface area contributed by atoms with Gasteiger partial charge in [-0.2, -0.15) is 8.78 Å². The number of ether oxygens (including phenoxy) is 1. The van der Waals surface area contributed by atoms with Gasteiger partial charge >= 0.3 is 6.61 Å². The second-order valence-corrected chi connectivity index (χ2v) is 4.70. The Bertz CT molecular complexity index is 596. The van der Waals surface area contributed by atoms with Crippen molar-refractivity contribution in [1.29, 1.82) is 0 Å². The van der Waals surface area contributed by atoms with Crippen LogP contribution in [0.25, 0.3) is 0 Å². The number of alkyl halides is 2. The molecule has 1 atom stereocenters. The maximum Gasteiger partial charge on any atom is 0.387 e. The molecule has 2 aromatic rings. The molecule has 0 saturated heterocycles. The van der Waals surface area contributed by atoms with E-state index in [4.69, 9.17) is 0 Å². The molecule has 0 aliphatic rings.